The van der Waals surface area contributed by atoms with Crippen molar-refractivity contribution in [2.24, 2.45) is 5.92 Å². The lowest BCUT2D eigenvalue weighted by molar-refractivity contribution is 0.0890. The number of rotatable bonds is 3. The van der Waals surface area contributed by atoms with E-state index in [9.17, 15) is 14.7 Å². The minimum absolute atomic E-state index is 0.00573. The number of amides is 1. The van der Waals surface area contributed by atoms with Gasteiger partial charge in [0.15, 0.2) is 11.2 Å². The summed E-state index contributed by atoms with van der Waals surface area (Å²) in [4.78, 5) is 24.0. The fraction of sp³-hybridized carbons (Fsp3) is 0.375. The second-order valence-electron chi connectivity index (χ2n) is 5.44. The van der Waals surface area contributed by atoms with Gasteiger partial charge in [0.05, 0.1) is 11.5 Å². The molecule has 2 aromatic rings. The van der Waals surface area contributed by atoms with Gasteiger partial charge in [-0.05, 0) is 25.0 Å². The van der Waals surface area contributed by atoms with E-state index in [1.165, 1.54) is 6.07 Å². The van der Waals surface area contributed by atoms with Crippen molar-refractivity contribution in [3.63, 3.8) is 0 Å². The van der Waals surface area contributed by atoms with Crippen molar-refractivity contribution < 1.29 is 14.3 Å². The molecule has 1 aromatic heterocycles. The molecule has 3 rings (SSSR count). The Hall–Kier alpha value is -2.14. The molecule has 1 aliphatic carbocycles. The van der Waals surface area contributed by atoms with E-state index in [-0.39, 0.29) is 23.2 Å². The van der Waals surface area contributed by atoms with Crippen molar-refractivity contribution >= 4 is 16.9 Å². The Morgan fingerprint density at radius 2 is 2.14 bits per heavy atom. The first-order valence-corrected chi connectivity index (χ1v) is 7.14. The highest BCUT2D eigenvalue weighted by Gasteiger charge is 2.25. The average Bonchev–Trinajstić information content (AvgIpc) is 2.90. The Morgan fingerprint density at radius 1 is 1.33 bits per heavy atom. The maximum atomic E-state index is 12.1. The number of hydrogen-bond donors (Lipinski definition) is 2. The summed E-state index contributed by atoms with van der Waals surface area (Å²) in [6.07, 6.45) is 2.32. The molecule has 1 fully saturated rings. The van der Waals surface area contributed by atoms with E-state index in [0.717, 1.165) is 19.3 Å². The standard InChI is InChI=1S/C16H17NO4/c18-12-6-3-4-10(12)9-17-16(20)15-8-13(19)11-5-1-2-7-14(11)21-15/h1-2,5,7-8,10,12,18H,3-4,6,9H2,(H,17,20). The van der Waals surface area contributed by atoms with Gasteiger partial charge in [0.1, 0.15) is 5.58 Å². The molecule has 0 spiro atoms. The summed E-state index contributed by atoms with van der Waals surface area (Å²) in [5.74, 6) is -0.329. The van der Waals surface area contributed by atoms with Crippen LogP contribution in [-0.2, 0) is 0 Å². The van der Waals surface area contributed by atoms with Crippen molar-refractivity contribution in [2.45, 2.75) is 25.4 Å². The van der Waals surface area contributed by atoms with Gasteiger partial charge in [-0.15, -0.1) is 0 Å². The maximum Gasteiger partial charge on any atom is 0.287 e. The van der Waals surface area contributed by atoms with Crippen LogP contribution in [0.5, 0.6) is 0 Å². The summed E-state index contributed by atoms with van der Waals surface area (Å²) >= 11 is 0. The molecule has 1 aromatic carbocycles. The van der Waals surface area contributed by atoms with Crippen LogP contribution < -0.4 is 10.7 Å². The Balaban J connectivity index is 1.77. The summed E-state index contributed by atoms with van der Waals surface area (Å²) < 4.78 is 5.47. The van der Waals surface area contributed by atoms with E-state index < -0.39 is 5.91 Å². The smallest absolute Gasteiger partial charge is 0.287 e. The molecular weight excluding hydrogens is 270 g/mol. The highest BCUT2D eigenvalue weighted by atomic mass is 16.3. The molecule has 5 heteroatoms. The molecule has 110 valence electrons. The first kappa shape index (κ1) is 13.8. The van der Waals surface area contributed by atoms with Crippen molar-refractivity contribution in [3.05, 3.63) is 46.3 Å². The van der Waals surface area contributed by atoms with Crippen LogP contribution in [0.4, 0.5) is 0 Å². The topological polar surface area (TPSA) is 79.5 Å². The summed E-state index contributed by atoms with van der Waals surface area (Å²) in [6, 6.07) is 8.04. The van der Waals surface area contributed by atoms with E-state index in [4.69, 9.17) is 4.42 Å². The maximum absolute atomic E-state index is 12.1. The zero-order chi connectivity index (χ0) is 14.8. The van der Waals surface area contributed by atoms with Crippen LogP contribution in [0.15, 0.2) is 39.5 Å². The number of carbonyl (C=O) groups is 1. The highest BCUT2D eigenvalue weighted by Crippen LogP contribution is 2.24. The Labute approximate surface area is 121 Å². The van der Waals surface area contributed by atoms with E-state index in [0.29, 0.717) is 17.5 Å². The minimum Gasteiger partial charge on any atom is -0.451 e. The second-order valence-corrected chi connectivity index (χ2v) is 5.44. The van der Waals surface area contributed by atoms with E-state index in [1.807, 2.05) is 0 Å². The van der Waals surface area contributed by atoms with Crippen LogP contribution in [-0.4, -0.2) is 23.7 Å². The lowest BCUT2D eigenvalue weighted by atomic mass is 10.1. The molecule has 0 radical (unpaired) electrons. The van der Waals surface area contributed by atoms with Gasteiger partial charge < -0.3 is 14.8 Å². The summed E-state index contributed by atoms with van der Waals surface area (Å²) in [5, 5.41) is 12.9. The lowest BCUT2D eigenvalue weighted by Gasteiger charge is -2.14. The average molecular weight is 287 g/mol. The summed E-state index contributed by atoms with van der Waals surface area (Å²) in [5.41, 5.74) is 0.166. The van der Waals surface area contributed by atoms with Crippen LogP contribution >= 0.6 is 0 Å². The normalized spacial score (nSPS) is 21.6. The number of aliphatic hydroxyl groups excluding tert-OH is 1. The molecule has 1 saturated carbocycles. The Bertz CT molecular complexity index is 722. The third-order valence-electron chi connectivity index (χ3n) is 4.00. The molecule has 1 heterocycles. The van der Waals surface area contributed by atoms with Crippen LogP contribution in [0, 0.1) is 5.92 Å². The SMILES string of the molecule is O=C(NCC1CCCC1O)c1cc(=O)c2ccccc2o1. The number of aliphatic hydroxyl groups is 1. The third-order valence-corrected chi connectivity index (χ3v) is 4.00. The number of hydrogen-bond acceptors (Lipinski definition) is 4. The van der Waals surface area contributed by atoms with Crippen LogP contribution in [0.2, 0.25) is 0 Å². The largest absolute Gasteiger partial charge is 0.451 e. The third kappa shape index (κ3) is 2.83. The predicted octanol–water partition coefficient (Wildman–Crippen LogP) is 1.68. The molecule has 0 aliphatic heterocycles. The van der Waals surface area contributed by atoms with Gasteiger partial charge in [-0.1, -0.05) is 18.6 Å². The molecule has 21 heavy (non-hydrogen) atoms. The number of nitrogens with one attached hydrogen (secondary N) is 1. The summed E-state index contributed by atoms with van der Waals surface area (Å²) in [6.45, 7) is 0.399. The van der Waals surface area contributed by atoms with Crippen molar-refractivity contribution in [1.29, 1.82) is 0 Å². The number of carbonyl (C=O) groups excluding carboxylic acids is 1. The molecule has 1 aliphatic rings. The van der Waals surface area contributed by atoms with E-state index in [2.05, 4.69) is 5.32 Å². The quantitative estimate of drug-likeness (QED) is 0.900. The fourth-order valence-corrected chi connectivity index (χ4v) is 2.78. The van der Waals surface area contributed by atoms with Crippen LogP contribution in [0.25, 0.3) is 11.0 Å². The van der Waals surface area contributed by atoms with Crippen molar-refractivity contribution in [2.75, 3.05) is 6.54 Å². The molecular formula is C16H17NO4. The highest BCUT2D eigenvalue weighted by molar-refractivity contribution is 5.93. The first-order valence-electron chi connectivity index (χ1n) is 7.14. The summed E-state index contributed by atoms with van der Waals surface area (Å²) in [7, 11) is 0. The fourth-order valence-electron chi connectivity index (χ4n) is 2.78. The molecule has 2 atom stereocenters. The zero-order valence-electron chi connectivity index (χ0n) is 11.5. The predicted molar refractivity (Wildman–Crippen MR) is 78.2 cm³/mol. The Kier molecular flexibility index (Phi) is 3.75. The minimum atomic E-state index is -0.419. The van der Waals surface area contributed by atoms with Gasteiger partial charge in [0, 0.05) is 18.5 Å². The van der Waals surface area contributed by atoms with Gasteiger partial charge in [-0.2, -0.15) is 0 Å². The number of para-hydroxylation sites is 1. The van der Waals surface area contributed by atoms with Gasteiger partial charge in [-0.25, -0.2) is 0 Å². The number of benzene rings is 1. The first-order chi connectivity index (χ1) is 10.1. The van der Waals surface area contributed by atoms with E-state index >= 15 is 0 Å². The molecule has 0 bridgehead atoms. The molecule has 2 N–H and O–H groups in total. The van der Waals surface area contributed by atoms with Gasteiger partial charge in [-0.3, -0.25) is 9.59 Å². The molecule has 5 nitrogen and oxygen atoms in total. The second kappa shape index (κ2) is 5.69. The van der Waals surface area contributed by atoms with Gasteiger partial charge in [0.25, 0.3) is 5.91 Å². The van der Waals surface area contributed by atoms with Crippen molar-refractivity contribution in [3.8, 4) is 0 Å². The number of fused-ring (bicyclic) bond motifs is 1. The van der Waals surface area contributed by atoms with Gasteiger partial charge >= 0.3 is 0 Å². The lowest BCUT2D eigenvalue weighted by Crippen LogP contribution is -2.32. The molecule has 0 saturated heterocycles. The zero-order valence-corrected chi connectivity index (χ0v) is 11.5. The Morgan fingerprint density at radius 3 is 2.90 bits per heavy atom. The van der Waals surface area contributed by atoms with Crippen LogP contribution in [0.3, 0.4) is 0 Å². The van der Waals surface area contributed by atoms with E-state index in [1.54, 1.807) is 24.3 Å². The van der Waals surface area contributed by atoms with Gasteiger partial charge in [0.2, 0.25) is 0 Å². The van der Waals surface area contributed by atoms with Crippen molar-refractivity contribution in [1.82, 2.24) is 5.32 Å². The molecule has 1 amide bonds. The van der Waals surface area contributed by atoms with Crippen LogP contribution in [0.1, 0.15) is 29.8 Å². The molecule has 2 unspecified atom stereocenters. The monoisotopic (exact) mass is 287 g/mol.